The van der Waals surface area contributed by atoms with E-state index in [9.17, 15) is 5.11 Å². The molecule has 0 spiro atoms. The topological polar surface area (TPSA) is 53.2 Å². The molecule has 0 aliphatic rings. The average molecular weight is 228 g/mol. The highest BCUT2D eigenvalue weighted by molar-refractivity contribution is 9.10. The van der Waals surface area contributed by atoms with E-state index in [2.05, 4.69) is 15.9 Å². The van der Waals surface area contributed by atoms with Crippen molar-refractivity contribution in [3.05, 3.63) is 22.2 Å². The van der Waals surface area contributed by atoms with Crippen molar-refractivity contribution in [1.82, 2.24) is 0 Å². The zero-order valence-corrected chi connectivity index (χ0v) is 7.92. The van der Waals surface area contributed by atoms with E-state index in [1.807, 2.05) is 6.07 Å². The van der Waals surface area contributed by atoms with Gasteiger partial charge in [-0.1, -0.05) is 0 Å². The monoisotopic (exact) mass is 227 g/mol. The van der Waals surface area contributed by atoms with Gasteiger partial charge in [0.2, 0.25) is 0 Å². The molecule has 0 unspecified atom stereocenters. The fourth-order valence-corrected chi connectivity index (χ4v) is 1.24. The van der Waals surface area contributed by atoms with Gasteiger partial charge in [-0.3, -0.25) is 0 Å². The molecule has 0 saturated heterocycles. The maximum Gasteiger partial charge on any atom is 0.172 e. The second-order valence-corrected chi connectivity index (χ2v) is 2.98. The number of nitrogens with zero attached hydrogens (tertiary/aromatic N) is 1. The molecule has 3 nitrogen and oxygen atoms in total. The number of nitriles is 1. The van der Waals surface area contributed by atoms with Crippen molar-refractivity contribution in [2.24, 2.45) is 0 Å². The third kappa shape index (κ3) is 1.51. The molecule has 0 radical (unpaired) electrons. The highest BCUT2D eigenvalue weighted by Crippen LogP contribution is 2.34. The molecule has 0 aliphatic carbocycles. The molecule has 0 heterocycles. The third-order valence-corrected chi connectivity index (χ3v) is 1.98. The Bertz CT molecular complexity index is 344. The number of methoxy groups -OCH3 is 1. The molecule has 0 bridgehead atoms. The fourth-order valence-electron chi connectivity index (χ4n) is 0.794. The van der Waals surface area contributed by atoms with Gasteiger partial charge in [-0.15, -0.1) is 0 Å². The Hall–Kier alpha value is -1.21. The lowest BCUT2D eigenvalue weighted by molar-refractivity contribution is 0.372. The number of hydrogen-bond donors (Lipinski definition) is 1. The first kappa shape index (κ1) is 8.88. The van der Waals surface area contributed by atoms with Crippen molar-refractivity contribution < 1.29 is 9.84 Å². The normalized spacial score (nSPS) is 9.08. The molecule has 12 heavy (non-hydrogen) atoms. The van der Waals surface area contributed by atoms with Crippen LogP contribution in [0.25, 0.3) is 0 Å². The molecule has 62 valence electrons. The van der Waals surface area contributed by atoms with E-state index >= 15 is 0 Å². The minimum Gasteiger partial charge on any atom is -0.503 e. The second kappa shape index (κ2) is 3.46. The Balaban J connectivity index is 3.31. The van der Waals surface area contributed by atoms with Crippen LogP contribution in [-0.2, 0) is 0 Å². The smallest absolute Gasteiger partial charge is 0.172 e. The minimum atomic E-state index is 0.0106. The number of phenolic OH excluding ortho intramolecular Hbond substituents is 1. The maximum absolute atomic E-state index is 9.34. The molecule has 0 aromatic heterocycles. The Morgan fingerprint density at radius 1 is 1.58 bits per heavy atom. The van der Waals surface area contributed by atoms with Gasteiger partial charge in [0.05, 0.1) is 23.2 Å². The van der Waals surface area contributed by atoms with Crippen LogP contribution in [0.1, 0.15) is 5.56 Å². The third-order valence-electron chi connectivity index (χ3n) is 1.38. The molecule has 0 aliphatic heterocycles. The number of halogens is 1. The van der Waals surface area contributed by atoms with E-state index in [1.54, 1.807) is 0 Å². The van der Waals surface area contributed by atoms with E-state index < -0.39 is 0 Å². The predicted molar refractivity (Wildman–Crippen MR) is 47.1 cm³/mol. The number of aromatic hydroxyl groups is 1. The summed E-state index contributed by atoms with van der Waals surface area (Å²) in [4.78, 5) is 0. The Morgan fingerprint density at radius 2 is 2.25 bits per heavy atom. The summed E-state index contributed by atoms with van der Waals surface area (Å²) in [7, 11) is 1.43. The summed E-state index contributed by atoms with van der Waals surface area (Å²) in [5.41, 5.74) is 0.441. The number of rotatable bonds is 1. The zero-order valence-electron chi connectivity index (χ0n) is 6.34. The molecule has 1 N–H and O–H groups in total. The standard InChI is InChI=1S/C8H6BrNO2/c1-12-7-3-5(4-10)2-6(9)8(7)11/h2-3,11H,1H3. The fraction of sp³-hybridized carbons (Fsp3) is 0.125. The van der Waals surface area contributed by atoms with Gasteiger partial charge in [0.15, 0.2) is 11.5 Å². The van der Waals surface area contributed by atoms with Crippen LogP contribution in [0.2, 0.25) is 0 Å². The van der Waals surface area contributed by atoms with Gasteiger partial charge in [-0.05, 0) is 22.0 Å². The SMILES string of the molecule is COc1cc(C#N)cc(Br)c1O. The molecule has 0 amide bonds. The first-order chi connectivity index (χ1) is 5.69. The van der Waals surface area contributed by atoms with Crippen LogP contribution in [-0.4, -0.2) is 12.2 Å². The Labute approximate surface area is 78.3 Å². The molecule has 0 fully saturated rings. The Kier molecular flexibility index (Phi) is 2.56. The van der Waals surface area contributed by atoms with Crippen LogP contribution in [0.3, 0.4) is 0 Å². The molecule has 1 aromatic carbocycles. The molecule has 0 saturated carbocycles. The van der Waals surface area contributed by atoms with Crippen molar-refractivity contribution in [3.8, 4) is 17.6 Å². The van der Waals surface area contributed by atoms with E-state index in [0.29, 0.717) is 15.8 Å². The molecule has 0 atom stereocenters. The van der Waals surface area contributed by atoms with Gasteiger partial charge in [-0.25, -0.2) is 0 Å². The van der Waals surface area contributed by atoms with Crippen LogP contribution in [0.15, 0.2) is 16.6 Å². The lowest BCUT2D eigenvalue weighted by Crippen LogP contribution is -1.85. The lowest BCUT2D eigenvalue weighted by Gasteiger charge is -2.04. The van der Waals surface area contributed by atoms with E-state index in [1.165, 1.54) is 19.2 Å². The van der Waals surface area contributed by atoms with Crippen molar-refractivity contribution in [2.45, 2.75) is 0 Å². The number of ether oxygens (including phenoxy) is 1. The van der Waals surface area contributed by atoms with Crippen LogP contribution in [0, 0.1) is 11.3 Å². The van der Waals surface area contributed by atoms with Gasteiger partial charge >= 0.3 is 0 Å². The van der Waals surface area contributed by atoms with Gasteiger partial charge in [0.1, 0.15) is 0 Å². The van der Waals surface area contributed by atoms with Crippen LogP contribution in [0.4, 0.5) is 0 Å². The zero-order chi connectivity index (χ0) is 9.14. The summed E-state index contributed by atoms with van der Waals surface area (Å²) < 4.78 is 5.29. The van der Waals surface area contributed by atoms with Crippen molar-refractivity contribution in [1.29, 1.82) is 5.26 Å². The highest BCUT2D eigenvalue weighted by Gasteiger charge is 2.07. The van der Waals surface area contributed by atoms with Gasteiger partial charge in [0.25, 0.3) is 0 Å². The summed E-state index contributed by atoms with van der Waals surface area (Å²) in [6.07, 6.45) is 0. The first-order valence-electron chi connectivity index (χ1n) is 3.15. The summed E-state index contributed by atoms with van der Waals surface area (Å²) in [6, 6.07) is 4.95. The summed E-state index contributed by atoms with van der Waals surface area (Å²) >= 11 is 3.10. The van der Waals surface area contributed by atoms with Crippen LogP contribution >= 0.6 is 15.9 Å². The first-order valence-corrected chi connectivity index (χ1v) is 3.95. The average Bonchev–Trinajstić information content (AvgIpc) is 2.09. The van der Waals surface area contributed by atoms with E-state index in [-0.39, 0.29) is 5.75 Å². The number of benzene rings is 1. The number of hydrogen-bond acceptors (Lipinski definition) is 3. The van der Waals surface area contributed by atoms with Crippen molar-refractivity contribution in [2.75, 3.05) is 7.11 Å². The van der Waals surface area contributed by atoms with Gasteiger partial charge in [-0.2, -0.15) is 5.26 Å². The largest absolute Gasteiger partial charge is 0.503 e. The van der Waals surface area contributed by atoms with Crippen LogP contribution < -0.4 is 4.74 Å². The molecule has 1 aromatic rings. The van der Waals surface area contributed by atoms with E-state index in [0.717, 1.165) is 0 Å². The highest BCUT2D eigenvalue weighted by atomic mass is 79.9. The maximum atomic E-state index is 9.34. The molecule has 4 heteroatoms. The van der Waals surface area contributed by atoms with Crippen molar-refractivity contribution >= 4 is 15.9 Å². The van der Waals surface area contributed by atoms with E-state index in [4.69, 9.17) is 10.00 Å². The summed E-state index contributed by atoms with van der Waals surface area (Å²) in [5, 5.41) is 17.9. The quantitative estimate of drug-likeness (QED) is 0.799. The van der Waals surface area contributed by atoms with Crippen LogP contribution in [0.5, 0.6) is 11.5 Å². The van der Waals surface area contributed by atoms with Gasteiger partial charge in [0, 0.05) is 6.07 Å². The lowest BCUT2D eigenvalue weighted by atomic mass is 10.2. The van der Waals surface area contributed by atoms with Crippen molar-refractivity contribution in [3.63, 3.8) is 0 Å². The number of phenols is 1. The Morgan fingerprint density at radius 3 is 2.75 bits per heavy atom. The minimum absolute atomic E-state index is 0.0106. The summed E-state index contributed by atoms with van der Waals surface area (Å²) in [5.74, 6) is 0.303. The molecular weight excluding hydrogens is 222 g/mol. The molecule has 1 rings (SSSR count). The molecular formula is C8H6BrNO2. The second-order valence-electron chi connectivity index (χ2n) is 2.12. The van der Waals surface area contributed by atoms with Gasteiger partial charge < -0.3 is 9.84 Å². The summed E-state index contributed by atoms with van der Waals surface area (Å²) in [6.45, 7) is 0. The predicted octanol–water partition coefficient (Wildman–Crippen LogP) is 2.03.